The van der Waals surface area contributed by atoms with Crippen molar-refractivity contribution in [1.82, 2.24) is 10.3 Å². The molecule has 1 aromatic rings. The van der Waals surface area contributed by atoms with Crippen LogP contribution in [0.5, 0.6) is 0 Å². The van der Waals surface area contributed by atoms with E-state index in [0.717, 1.165) is 37.5 Å². The zero-order valence-corrected chi connectivity index (χ0v) is 13.1. The SMILES string of the molecule is CCNc1cc(C(=O)NCC2CCOC2C)cc(CC)n1. The molecule has 0 saturated carbocycles. The van der Waals surface area contributed by atoms with E-state index in [1.54, 1.807) is 0 Å². The molecule has 1 amide bonds. The van der Waals surface area contributed by atoms with Crippen molar-refractivity contribution in [2.75, 3.05) is 25.0 Å². The zero-order chi connectivity index (χ0) is 15.2. The first-order valence-electron chi connectivity index (χ1n) is 7.78. The minimum atomic E-state index is -0.0367. The minimum absolute atomic E-state index is 0.0367. The molecule has 0 bridgehead atoms. The second-order valence-corrected chi connectivity index (χ2v) is 5.45. The molecule has 1 aliphatic heterocycles. The Hall–Kier alpha value is -1.62. The van der Waals surface area contributed by atoms with E-state index in [-0.39, 0.29) is 12.0 Å². The van der Waals surface area contributed by atoms with Gasteiger partial charge in [0.15, 0.2) is 0 Å². The molecule has 5 nitrogen and oxygen atoms in total. The summed E-state index contributed by atoms with van der Waals surface area (Å²) < 4.78 is 5.52. The van der Waals surface area contributed by atoms with E-state index >= 15 is 0 Å². The molecule has 0 radical (unpaired) electrons. The molecule has 1 aliphatic rings. The number of rotatable bonds is 6. The Kier molecular flexibility index (Phi) is 5.56. The number of hydrogen-bond donors (Lipinski definition) is 2. The van der Waals surface area contributed by atoms with Crippen LogP contribution in [0, 0.1) is 5.92 Å². The van der Waals surface area contributed by atoms with Crippen molar-refractivity contribution in [2.24, 2.45) is 5.92 Å². The monoisotopic (exact) mass is 291 g/mol. The third-order valence-corrected chi connectivity index (χ3v) is 3.92. The number of ether oxygens (including phenoxy) is 1. The molecular formula is C16H25N3O2. The van der Waals surface area contributed by atoms with E-state index in [1.165, 1.54) is 0 Å². The number of nitrogens with zero attached hydrogens (tertiary/aromatic N) is 1. The summed E-state index contributed by atoms with van der Waals surface area (Å²) in [5, 5.41) is 6.19. The van der Waals surface area contributed by atoms with Gasteiger partial charge >= 0.3 is 0 Å². The standard InChI is InChI=1S/C16H25N3O2/c1-4-14-8-13(9-15(19-14)17-5-2)16(20)18-10-12-6-7-21-11(12)3/h8-9,11-12H,4-7,10H2,1-3H3,(H,17,19)(H,18,20). The number of pyridine rings is 1. The van der Waals surface area contributed by atoms with Crippen molar-refractivity contribution in [2.45, 2.75) is 39.7 Å². The van der Waals surface area contributed by atoms with Crippen molar-refractivity contribution < 1.29 is 9.53 Å². The average Bonchev–Trinajstić information content (AvgIpc) is 2.90. The van der Waals surface area contributed by atoms with Crippen LogP contribution in [0.3, 0.4) is 0 Å². The Morgan fingerprint density at radius 2 is 2.24 bits per heavy atom. The molecule has 0 aromatic carbocycles. The van der Waals surface area contributed by atoms with Gasteiger partial charge in [0.05, 0.1) is 6.10 Å². The third-order valence-electron chi connectivity index (χ3n) is 3.92. The Morgan fingerprint density at radius 3 is 2.86 bits per heavy atom. The van der Waals surface area contributed by atoms with Gasteiger partial charge in [0.1, 0.15) is 5.82 Å². The molecular weight excluding hydrogens is 266 g/mol. The smallest absolute Gasteiger partial charge is 0.251 e. The molecule has 5 heteroatoms. The van der Waals surface area contributed by atoms with Gasteiger partial charge in [-0.3, -0.25) is 4.79 Å². The van der Waals surface area contributed by atoms with Crippen molar-refractivity contribution >= 4 is 11.7 Å². The predicted molar refractivity (Wildman–Crippen MR) is 83.6 cm³/mol. The lowest BCUT2D eigenvalue weighted by molar-refractivity contribution is 0.0907. The van der Waals surface area contributed by atoms with Crippen LogP contribution in [-0.2, 0) is 11.2 Å². The normalized spacial score (nSPS) is 21.3. The molecule has 1 saturated heterocycles. The van der Waals surface area contributed by atoms with Gasteiger partial charge in [-0.1, -0.05) is 6.92 Å². The van der Waals surface area contributed by atoms with E-state index in [9.17, 15) is 4.79 Å². The van der Waals surface area contributed by atoms with Gasteiger partial charge < -0.3 is 15.4 Å². The maximum atomic E-state index is 12.3. The zero-order valence-electron chi connectivity index (χ0n) is 13.1. The summed E-state index contributed by atoms with van der Waals surface area (Å²) in [5.41, 5.74) is 1.60. The van der Waals surface area contributed by atoms with Gasteiger partial charge in [-0.15, -0.1) is 0 Å². The summed E-state index contributed by atoms with van der Waals surface area (Å²) in [5.74, 6) is 1.14. The van der Waals surface area contributed by atoms with Gasteiger partial charge in [0, 0.05) is 36.9 Å². The molecule has 1 aromatic heterocycles. The molecule has 0 aliphatic carbocycles. The highest BCUT2D eigenvalue weighted by Crippen LogP contribution is 2.19. The van der Waals surface area contributed by atoms with Crippen molar-refractivity contribution in [3.63, 3.8) is 0 Å². The fraction of sp³-hybridized carbons (Fsp3) is 0.625. The lowest BCUT2D eigenvalue weighted by Gasteiger charge is -2.15. The van der Waals surface area contributed by atoms with Crippen LogP contribution in [0.25, 0.3) is 0 Å². The van der Waals surface area contributed by atoms with E-state index < -0.39 is 0 Å². The summed E-state index contributed by atoms with van der Waals surface area (Å²) in [7, 11) is 0. The summed E-state index contributed by atoms with van der Waals surface area (Å²) >= 11 is 0. The van der Waals surface area contributed by atoms with E-state index in [4.69, 9.17) is 4.74 Å². The van der Waals surface area contributed by atoms with Gasteiger partial charge in [-0.25, -0.2) is 4.98 Å². The van der Waals surface area contributed by atoms with E-state index in [0.29, 0.717) is 18.0 Å². The second kappa shape index (κ2) is 7.41. The molecule has 2 N–H and O–H groups in total. The molecule has 1 fully saturated rings. The molecule has 0 spiro atoms. The van der Waals surface area contributed by atoms with Gasteiger partial charge in [0.25, 0.3) is 5.91 Å². The number of carbonyl (C=O) groups is 1. The van der Waals surface area contributed by atoms with Crippen LogP contribution in [0.4, 0.5) is 5.82 Å². The third kappa shape index (κ3) is 4.17. The highest BCUT2D eigenvalue weighted by Gasteiger charge is 2.24. The highest BCUT2D eigenvalue weighted by atomic mass is 16.5. The highest BCUT2D eigenvalue weighted by molar-refractivity contribution is 5.95. The van der Waals surface area contributed by atoms with E-state index in [2.05, 4.69) is 22.5 Å². The molecule has 2 unspecified atom stereocenters. The Balaban J connectivity index is 2.02. The van der Waals surface area contributed by atoms with Crippen LogP contribution >= 0.6 is 0 Å². The number of hydrogen-bond acceptors (Lipinski definition) is 4. The van der Waals surface area contributed by atoms with Crippen molar-refractivity contribution in [3.8, 4) is 0 Å². The predicted octanol–water partition coefficient (Wildman–Crippen LogP) is 2.23. The fourth-order valence-electron chi connectivity index (χ4n) is 2.54. The van der Waals surface area contributed by atoms with Crippen molar-refractivity contribution in [3.05, 3.63) is 23.4 Å². The largest absolute Gasteiger partial charge is 0.378 e. The van der Waals surface area contributed by atoms with Crippen LogP contribution < -0.4 is 10.6 Å². The Bertz CT molecular complexity index is 490. The minimum Gasteiger partial charge on any atom is -0.378 e. The summed E-state index contributed by atoms with van der Waals surface area (Å²) in [6.07, 6.45) is 2.06. The van der Waals surface area contributed by atoms with E-state index in [1.807, 2.05) is 26.0 Å². The molecule has 21 heavy (non-hydrogen) atoms. The number of anilines is 1. The summed E-state index contributed by atoms with van der Waals surface area (Å²) in [4.78, 5) is 16.8. The quantitative estimate of drug-likeness (QED) is 0.843. The maximum Gasteiger partial charge on any atom is 0.251 e. The van der Waals surface area contributed by atoms with Crippen molar-refractivity contribution in [1.29, 1.82) is 0 Å². The summed E-state index contributed by atoms with van der Waals surface area (Å²) in [6, 6.07) is 3.68. The molecule has 116 valence electrons. The topological polar surface area (TPSA) is 63.2 Å². The summed E-state index contributed by atoms with van der Waals surface area (Å²) in [6.45, 7) is 8.37. The average molecular weight is 291 g/mol. The number of aryl methyl sites for hydroxylation is 1. The molecule has 2 rings (SSSR count). The first kappa shape index (κ1) is 15.8. The van der Waals surface area contributed by atoms with Gasteiger partial charge in [-0.2, -0.15) is 0 Å². The molecule has 2 heterocycles. The Morgan fingerprint density at radius 1 is 1.43 bits per heavy atom. The number of aromatic nitrogens is 1. The Labute approximate surface area is 126 Å². The second-order valence-electron chi connectivity index (χ2n) is 5.45. The van der Waals surface area contributed by atoms with Crippen LogP contribution in [-0.4, -0.2) is 36.7 Å². The van der Waals surface area contributed by atoms with Crippen LogP contribution in [0.15, 0.2) is 12.1 Å². The lowest BCUT2D eigenvalue weighted by Crippen LogP contribution is -2.32. The lowest BCUT2D eigenvalue weighted by atomic mass is 10.0. The maximum absolute atomic E-state index is 12.3. The molecule has 2 atom stereocenters. The fourth-order valence-corrected chi connectivity index (χ4v) is 2.54. The number of nitrogens with one attached hydrogen (secondary N) is 2. The number of carbonyl (C=O) groups excluding carboxylic acids is 1. The number of amides is 1. The first-order chi connectivity index (χ1) is 10.1. The first-order valence-corrected chi connectivity index (χ1v) is 7.78. The van der Waals surface area contributed by atoms with Gasteiger partial charge in [-0.05, 0) is 38.8 Å². The van der Waals surface area contributed by atoms with Crippen LogP contribution in [0.1, 0.15) is 43.2 Å². The van der Waals surface area contributed by atoms with Gasteiger partial charge in [0.2, 0.25) is 0 Å². The van der Waals surface area contributed by atoms with Crippen LogP contribution in [0.2, 0.25) is 0 Å².